The fourth-order valence-corrected chi connectivity index (χ4v) is 3.98. The van der Waals surface area contributed by atoms with Gasteiger partial charge in [-0.15, -0.1) is 0 Å². The molecule has 2 aromatic heterocycles. The van der Waals surface area contributed by atoms with Gasteiger partial charge in [-0.2, -0.15) is 5.10 Å². The molecule has 0 spiro atoms. The number of aryl methyl sites for hydroxylation is 1. The fourth-order valence-electron chi connectivity index (χ4n) is 3.98. The maximum Gasteiger partial charge on any atom is 0.160 e. The molecule has 0 aliphatic carbocycles. The fraction of sp³-hybridized carbons (Fsp3) is 0.292. The van der Waals surface area contributed by atoms with Crippen LogP contribution in [0.3, 0.4) is 0 Å². The summed E-state index contributed by atoms with van der Waals surface area (Å²) >= 11 is 0. The highest BCUT2D eigenvalue weighted by molar-refractivity contribution is 5.96. The monoisotopic (exact) mass is 434 g/mol. The number of fused-ring (bicyclic) bond motifs is 1. The number of para-hydroxylation sites is 1. The van der Waals surface area contributed by atoms with E-state index in [1.54, 1.807) is 11.8 Å². The molecular weight excluding hydrogens is 411 g/mol. The first-order valence-corrected chi connectivity index (χ1v) is 10.4. The molecule has 0 unspecified atom stereocenters. The average molecular weight is 434 g/mol. The molecule has 164 valence electrons. The number of rotatable bonds is 5. The minimum atomic E-state index is -1.17. The van der Waals surface area contributed by atoms with Gasteiger partial charge in [0, 0.05) is 42.2 Å². The summed E-state index contributed by atoms with van der Waals surface area (Å²) in [5.41, 5.74) is 3.86. The van der Waals surface area contributed by atoms with E-state index in [9.17, 15) is 4.39 Å². The molecule has 0 N–H and O–H groups in total. The topological polar surface area (TPSA) is 71.3 Å². The van der Waals surface area contributed by atoms with Crippen molar-refractivity contribution < 1.29 is 18.6 Å². The summed E-state index contributed by atoms with van der Waals surface area (Å²) in [6.07, 6.45) is 2.24. The molecule has 1 saturated heterocycles. The minimum Gasteiger partial charge on any atom is -0.497 e. The zero-order chi connectivity index (χ0) is 22.1. The number of alkyl halides is 1. The van der Waals surface area contributed by atoms with Crippen LogP contribution in [0.25, 0.3) is 33.4 Å². The molecule has 2 atom stereocenters. The lowest BCUT2D eigenvalue weighted by atomic mass is 10.0. The second-order valence-corrected chi connectivity index (χ2v) is 7.70. The van der Waals surface area contributed by atoms with Crippen LogP contribution in [-0.2, 0) is 11.8 Å². The highest BCUT2D eigenvalue weighted by atomic mass is 19.1. The van der Waals surface area contributed by atoms with Crippen molar-refractivity contribution in [2.45, 2.75) is 18.7 Å². The molecule has 32 heavy (non-hydrogen) atoms. The van der Waals surface area contributed by atoms with Crippen molar-refractivity contribution in [1.29, 1.82) is 0 Å². The number of hydrogen-bond donors (Lipinski definition) is 0. The van der Waals surface area contributed by atoms with Gasteiger partial charge in [0.25, 0.3) is 0 Å². The Balaban J connectivity index is 1.61. The van der Waals surface area contributed by atoms with Gasteiger partial charge in [0.2, 0.25) is 0 Å². The van der Waals surface area contributed by atoms with Crippen molar-refractivity contribution in [1.82, 2.24) is 19.7 Å². The Morgan fingerprint density at radius 3 is 2.81 bits per heavy atom. The molecule has 1 aliphatic rings. The van der Waals surface area contributed by atoms with Crippen LogP contribution in [0.15, 0.2) is 55.0 Å². The Kier molecular flexibility index (Phi) is 5.45. The van der Waals surface area contributed by atoms with E-state index in [4.69, 9.17) is 19.3 Å². The summed E-state index contributed by atoms with van der Waals surface area (Å²) in [4.78, 5) is 8.96. The standard InChI is InChI=1S/C24H23FN4O3/c1-29-12-18(23-16-8-7-15(30-2)11-20(16)26-14-27-23)24(28-29)17-5-3-4-6-21(17)32-22-9-10-31-13-19(22)25/h3-8,11-12,14,19,22H,9-10,13H2,1-2H3/t19-,22-/m0/s1. The predicted octanol–water partition coefficient (Wildman–Crippen LogP) is 4.21. The van der Waals surface area contributed by atoms with Crippen molar-refractivity contribution in [3.05, 3.63) is 55.0 Å². The lowest BCUT2D eigenvalue weighted by molar-refractivity contribution is -0.0380. The van der Waals surface area contributed by atoms with Crippen LogP contribution in [0.1, 0.15) is 6.42 Å². The van der Waals surface area contributed by atoms with E-state index in [0.29, 0.717) is 24.5 Å². The van der Waals surface area contributed by atoms with E-state index < -0.39 is 12.3 Å². The first-order chi connectivity index (χ1) is 15.6. The third-order valence-corrected chi connectivity index (χ3v) is 5.58. The molecule has 0 radical (unpaired) electrons. The Hall–Kier alpha value is -3.52. The zero-order valence-corrected chi connectivity index (χ0v) is 17.9. The number of nitrogens with zero attached hydrogens (tertiary/aromatic N) is 4. The third-order valence-electron chi connectivity index (χ3n) is 5.58. The summed E-state index contributed by atoms with van der Waals surface area (Å²) in [6.45, 7) is 0.538. The van der Waals surface area contributed by atoms with E-state index in [-0.39, 0.29) is 6.61 Å². The largest absolute Gasteiger partial charge is 0.497 e. The minimum absolute atomic E-state index is 0.0536. The zero-order valence-electron chi connectivity index (χ0n) is 17.9. The summed E-state index contributed by atoms with van der Waals surface area (Å²) < 4.78 is 32.8. The number of benzene rings is 2. The van der Waals surface area contributed by atoms with E-state index in [2.05, 4.69) is 9.97 Å². The third kappa shape index (κ3) is 3.78. The molecule has 0 bridgehead atoms. The number of methoxy groups -OCH3 is 1. The summed E-state index contributed by atoms with van der Waals surface area (Å²) in [7, 11) is 3.48. The van der Waals surface area contributed by atoms with Crippen LogP contribution in [0.2, 0.25) is 0 Å². The second kappa shape index (κ2) is 8.55. The van der Waals surface area contributed by atoms with Gasteiger partial charge in [-0.05, 0) is 24.3 Å². The van der Waals surface area contributed by atoms with Gasteiger partial charge in [-0.1, -0.05) is 12.1 Å². The Labute approximate surface area is 184 Å². The lowest BCUT2D eigenvalue weighted by Gasteiger charge is -2.27. The molecule has 8 heteroatoms. The molecular formula is C24H23FN4O3. The maximum absolute atomic E-state index is 14.4. The summed E-state index contributed by atoms with van der Waals surface area (Å²) in [6, 6.07) is 13.3. The molecule has 5 rings (SSSR count). The number of ether oxygens (including phenoxy) is 3. The van der Waals surface area contributed by atoms with Gasteiger partial charge in [0.15, 0.2) is 6.17 Å². The Bertz CT molecular complexity index is 1260. The van der Waals surface area contributed by atoms with Crippen molar-refractivity contribution in [2.24, 2.45) is 7.05 Å². The van der Waals surface area contributed by atoms with Crippen molar-refractivity contribution in [3.63, 3.8) is 0 Å². The highest BCUT2D eigenvalue weighted by Crippen LogP contribution is 2.38. The van der Waals surface area contributed by atoms with Gasteiger partial charge < -0.3 is 14.2 Å². The molecule has 4 aromatic rings. The van der Waals surface area contributed by atoms with E-state index >= 15 is 0 Å². The van der Waals surface area contributed by atoms with Gasteiger partial charge in [0.1, 0.15) is 29.6 Å². The van der Waals surface area contributed by atoms with Crippen molar-refractivity contribution in [2.75, 3.05) is 20.3 Å². The second-order valence-electron chi connectivity index (χ2n) is 7.70. The number of aromatic nitrogens is 4. The molecule has 2 aromatic carbocycles. The summed E-state index contributed by atoms with van der Waals surface area (Å²) in [5, 5.41) is 5.59. The van der Waals surface area contributed by atoms with Crippen molar-refractivity contribution >= 4 is 10.9 Å². The Morgan fingerprint density at radius 1 is 1.09 bits per heavy atom. The normalized spacial score (nSPS) is 18.6. The molecule has 0 amide bonds. The van der Waals surface area contributed by atoms with Gasteiger partial charge in [0.05, 0.1) is 31.5 Å². The maximum atomic E-state index is 14.4. The average Bonchev–Trinajstić information content (AvgIpc) is 3.21. The van der Waals surface area contributed by atoms with Gasteiger partial charge in [-0.3, -0.25) is 4.68 Å². The SMILES string of the molecule is COc1ccc2c(-c3cn(C)nc3-c3ccccc3O[C@H]3CCOC[C@@H]3F)ncnc2c1. The van der Waals surface area contributed by atoms with E-state index in [0.717, 1.165) is 33.5 Å². The number of hydrogen-bond acceptors (Lipinski definition) is 6. The van der Waals surface area contributed by atoms with Crippen LogP contribution in [-0.4, -0.2) is 52.3 Å². The number of halogens is 1. The quantitative estimate of drug-likeness (QED) is 0.469. The van der Waals surface area contributed by atoms with E-state index in [1.165, 1.54) is 6.33 Å². The van der Waals surface area contributed by atoms with Gasteiger partial charge in [-0.25, -0.2) is 14.4 Å². The summed E-state index contributed by atoms with van der Waals surface area (Å²) in [5.74, 6) is 1.31. The first kappa shape index (κ1) is 20.4. The lowest BCUT2D eigenvalue weighted by Crippen LogP contribution is -2.37. The highest BCUT2D eigenvalue weighted by Gasteiger charge is 2.28. The van der Waals surface area contributed by atoms with E-state index in [1.807, 2.05) is 55.7 Å². The van der Waals surface area contributed by atoms with Crippen LogP contribution in [0.5, 0.6) is 11.5 Å². The molecule has 1 fully saturated rings. The first-order valence-electron chi connectivity index (χ1n) is 10.4. The smallest absolute Gasteiger partial charge is 0.160 e. The van der Waals surface area contributed by atoms with Crippen LogP contribution >= 0.6 is 0 Å². The van der Waals surface area contributed by atoms with Crippen LogP contribution in [0.4, 0.5) is 4.39 Å². The molecule has 1 aliphatic heterocycles. The van der Waals surface area contributed by atoms with Crippen LogP contribution in [0, 0.1) is 0 Å². The molecule has 7 nitrogen and oxygen atoms in total. The Morgan fingerprint density at radius 2 is 1.97 bits per heavy atom. The van der Waals surface area contributed by atoms with Gasteiger partial charge >= 0.3 is 0 Å². The molecule has 0 saturated carbocycles. The molecule has 3 heterocycles. The van der Waals surface area contributed by atoms with Crippen molar-refractivity contribution in [3.8, 4) is 34.0 Å². The predicted molar refractivity (Wildman–Crippen MR) is 118 cm³/mol. The van der Waals surface area contributed by atoms with Crippen LogP contribution < -0.4 is 9.47 Å².